The second-order valence-corrected chi connectivity index (χ2v) is 6.05. The summed E-state index contributed by atoms with van der Waals surface area (Å²) in [7, 11) is 0. The molecule has 0 fully saturated rings. The van der Waals surface area contributed by atoms with E-state index in [0.717, 1.165) is 16.0 Å². The van der Waals surface area contributed by atoms with Crippen LogP contribution < -0.4 is 5.32 Å². The number of benzene rings is 1. The molecular weight excluding hydrogens is 259 g/mol. The van der Waals surface area contributed by atoms with Gasteiger partial charge < -0.3 is 5.32 Å². The summed E-state index contributed by atoms with van der Waals surface area (Å²) in [6.07, 6.45) is 0. The minimum Gasteiger partial charge on any atom is -0.366 e. The van der Waals surface area contributed by atoms with Crippen LogP contribution in [0.4, 0.5) is 10.1 Å². The Labute approximate surface area is 116 Å². The average Bonchev–Trinajstić information content (AvgIpc) is 2.64. The Morgan fingerprint density at radius 3 is 2.47 bits per heavy atom. The third-order valence-electron chi connectivity index (χ3n) is 2.87. The van der Waals surface area contributed by atoms with Crippen molar-refractivity contribution in [3.8, 4) is 6.07 Å². The van der Waals surface area contributed by atoms with E-state index < -0.39 is 6.04 Å². The van der Waals surface area contributed by atoms with E-state index in [4.69, 9.17) is 0 Å². The van der Waals surface area contributed by atoms with Crippen LogP contribution >= 0.6 is 11.3 Å². The molecule has 1 N–H and O–H groups in total. The van der Waals surface area contributed by atoms with E-state index in [1.165, 1.54) is 17.0 Å². The summed E-state index contributed by atoms with van der Waals surface area (Å²) >= 11 is 1.66. The normalized spacial score (nSPS) is 11.9. The summed E-state index contributed by atoms with van der Waals surface area (Å²) in [5.74, 6) is -0.294. The van der Waals surface area contributed by atoms with E-state index in [0.29, 0.717) is 5.69 Å². The van der Waals surface area contributed by atoms with Crippen LogP contribution in [-0.4, -0.2) is 0 Å². The Morgan fingerprint density at radius 1 is 1.21 bits per heavy atom. The number of nitrogens with one attached hydrogen (secondary N) is 1. The van der Waals surface area contributed by atoms with E-state index in [1.54, 1.807) is 11.3 Å². The molecule has 2 aromatic rings. The van der Waals surface area contributed by atoms with Crippen molar-refractivity contribution in [1.29, 1.82) is 5.26 Å². The Balaban J connectivity index is 2.29. The highest BCUT2D eigenvalue weighted by molar-refractivity contribution is 7.12. The van der Waals surface area contributed by atoms with Crippen LogP contribution in [0.3, 0.4) is 0 Å². The fraction of sp³-hybridized carbons (Fsp3) is 0.267. The van der Waals surface area contributed by atoms with Crippen molar-refractivity contribution >= 4 is 17.0 Å². The molecule has 0 saturated heterocycles. The third kappa shape index (κ3) is 3.12. The number of anilines is 1. The zero-order chi connectivity index (χ0) is 14.0. The number of halogens is 1. The van der Waals surface area contributed by atoms with Gasteiger partial charge in [0.15, 0.2) is 0 Å². The molecule has 0 radical (unpaired) electrons. The number of thiophene rings is 1. The zero-order valence-electron chi connectivity index (χ0n) is 11.1. The van der Waals surface area contributed by atoms with Gasteiger partial charge in [0.2, 0.25) is 0 Å². The third-order valence-corrected chi connectivity index (χ3v) is 3.85. The lowest BCUT2D eigenvalue weighted by atomic mass is 10.1. The molecular formula is C15H15FN2S. The molecule has 19 heavy (non-hydrogen) atoms. The Hall–Kier alpha value is -1.86. The Kier molecular flexibility index (Phi) is 3.87. The van der Waals surface area contributed by atoms with Crippen LogP contribution in [0.2, 0.25) is 0 Å². The molecule has 2 nitrogen and oxygen atoms in total. The molecule has 1 heterocycles. The molecule has 0 saturated carbocycles. The molecule has 1 aromatic carbocycles. The number of hydrogen-bond acceptors (Lipinski definition) is 3. The van der Waals surface area contributed by atoms with Crippen molar-refractivity contribution in [2.75, 3.05) is 5.32 Å². The fourth-order valence-corrected chi connectivity index (χ4v) is 3.07. The standard InChI is InChI=1S/C15H15FN2S/c1-9-4-12(16)7-13(5-9)18-15(8-17)14-6-10(2)19-11(14)3/h4-7,15,18H,1-3H3. The van der Waals surface area contributed by atoms with Crippen molar-refractivity contribution < 1.29 is 4.39 Å². The minimum absolute atomic E-state index is 0.294. The van der Waals surface area contributed by atoms with Crippen LogP contribution in [0, 0.1) is 37.9 Å². The summed E-state index contributed by atoms with van der Waals surface area (Å²) in [4.78, 5) is 2.29. The molecule has 0 amide bonds. The van der Waals surface area contributed by atoms with Gasteiger partial charge in [-0.05, 0) is 50.6 Å². The van der Waals surface area contributed by atoms with E-state index in [9.17, 15) is 9.65 Å². The molecule has 0 aliphatic rings. The number of nitrogens with zero attached hydrogens (tertiary/aromatic N) is 1. The highest BCUT2D eigenvalue weighted by Crippen LogP contribution is 2.29. The molecule has 2 rings (SSSR count). The number of rotatable bonds is 3. The number of aryl methyl sites for hydroxylation is 3. The highest BCUT2D eigenvalue weighted by atomic mass is 32.1. The Bertz CT molecular complexity index is 620. The summed E-state index contributed by atoms with van der Waals surface area (Å²) in [5.41, 5.74) is 2.43. The molecule has 1 unspecified atom stereocenters. The zero-order valence-corrected chi connectivity index (χ0v) is 11.9. The van der Waals surface area contributed by atoms with Gasteiger partial charge in [-0.15, -0.1) is 11.3 Å². The summed E-state index contributed by atoms with van der Waals surface area (Å²) in [5, 5.41) is 12.4. The predicted molar refractivity (Wildman–Crippen MR) is 76.9 cm³/mol. The molecule has 4 heteroatoms. The molecule has 0 aliphatic heterocycles. The fourth-order valence-electron chi connectivity index (χ4n) is 2.10. The van der Waals surface area contributed by atoms with Gasteiger partial charge in [0.1, 0.15) is 11.9 Å². The van der Waals surface area contributed by atoms with E-state index >= 15 is 0 Å². The van der Waals surface area contributed by atoms with E-state index in [2.05, 4.69) is 11.4 Å². The maximum absolute atomic E-state index is 13.3. The molecule has 98 valence electrons. The average molecular weight is 274 g/mol. The van der Waals surface area contributed by atoms with Gasteiger partial charge in [0.25, 0.3) is 0 Å². The molecule has 1 aromatic heterocycles. The van der Waals surface area contributed by atoms with Crippen molar-refractivity contribution in [3.63, 3.8) is 0 Å². The summed E-state index contributed by atoms with van der Waals surface area (Å²) < 4.78 is 13.3. The smallest absolute Gasteiger partial charge is 0.141 e. The van der Waals surface area contributed by atoms with Crippen LogP contribution in [0.25, 0.3) is 0 Å². The number of nitriles is 1. The second-order valence-electron chi connectivity index (χ2n) is 4.59. The lowest BCUT2D eigenvalue weighted by Gasteiger charge is -2.13. The summed E-state index contributed by atoms with van der Waals surface area (Å²) in [6.45, 7) is 5.84. The molecule has 0 aliphatic carbocycles. The van der Waals surface area contributed by atoms with Crippen LogP contribution in [0.5, 0.6) is 0 Å². The minimum atomic E-state index is -0.453. The van der Waals surface area contributed by atoms with Crippen LogP contribution in [-0.2, 0) is 0 Å². The molecule has 0 spiro atoms. The predicted octanol–water partition coefficient (Wildman–Crippen LogP) is 4.49. The first-order valence-electron chi connectivity index (χ1n) is 6.00. The van der Waals surface area contributed by atoms with Gasteiger partial charge in [-0.2, -0.15) is 5.26 Å². The van der Waals surface area contributed by atoms with Crippen LogP contribution in [0.15, 0.2) is 24.3 Å². The first kappa shape index (κ1) is 13.6. The van der Waals surface area contributed by atoms with Gasteiger partial charge in [-0.25, -0.2) is 4.39 Å². The highest BCUT2D eigenvalue weighted by Gasteiger charge is 2.15. The van der Waals surface area contributed by atoms with E-state index in [-0.39, 0.29) is 5.82 Å². The molecule has 0 bridgehead atoms. The summed E-state index contributed by atoms with van der Waals surface area (Å²) in [6, 6.07) is 8.50. The quantitative estimate of drug-likeness (QED) is 0.895. The maximum atomic E-state index is 13.3. The van der Waals surface area contributed by atoms with Crippen molar-refractivity contribution in [3.05, 3.63) is 51.0 Å². The second kappa shape index (κ2) is 5.41. The Morgan fingerprint density at radius 2 is 1.95 bits per heavy atom. The first-order chi connectivity index (χ1) is 8.99. The van der Waals surface area contributed by atoms with Crippen molar-refractivity contribution in [1.82, 2.24) is 0 Å². The first-order valence-corrected chi connectivity index (χ1v) is 6.81. The molecule has 1 atom stereocenters. The van der Waals surface area contributed by atoms with Gasteiger partial charge in [0, 0.05) is 21.0 Å². The lowest BCUT2D eigenvalue weighted by Crippen LogP contribution is -2.09. The number of hydrogen-bond donors (Lipinski definition) is 1. The van der Waals surface area contributed by atoms with Gasteiger partial charge in [0.05, 0.1) is 6.07 Å². The van der Waals surface area contributed by atoms with Gasteiger partial charge in [-0.1, -0.05) is 0 Å². The largest absolute Gasteiger partial charge is 0.366 e. The van der Waals surface area contributed by atoms with Gasteiger partial charge >= 0.3 is 0 Å². The van der Waals surface area contributed by atoms with Crippen molar-refractivity contribution in [2.24, 2.45) is 0 Å². The lowest BCUT2D eigenvalue weighted by molar-refractivity contribution is 0.627. The van der Waals surface area contributed by atoms with Gasteiger partial charge in [-0.3, -0.25) is 0 Å². The maximum Gasteiger partial charge on any atom is 0.141 e. The SMILES string of the molecule is Cc1cc(F)cc(NC(C#N)c2cc(C)sc2C)c1. The topological polar surface area (TPSA) is 35.8 Å². The van der Waals surface area contributed by atoms with Crippen molar-refractivity contribution in [2.45, 2.75) is 26.8 Å². The monoisotopic (exact) mass is 274 g/mol. The van der Waals surface area contributed by atoms with Crippen LogP contribution in [0.1, 0.15) is 26.9 Å². The van der Waals surface area contributed by atoms with E-state index in [1.807, 2.05) is 32.9 Å².